The van der Waals surface area contributed by atoms with Gasteiger partial charge in [0, 0.05) is 19.3 Å². The molecule has 2 heterocycles. The zero-order chi connectivity index (χ0) is 10.9. The maximum Gasteiger partial charge on any atom is 0.260 e. The number of aromatic nitrogens is 1. The van der Waals surface area contributed by atoms with Gasteiger partial charge in [0.2, 0.25) is 0 Å². The Bertz CT molecular complexity index is 437. The summed E-state index contributed by atoms with van der Waals surface area (Å²) >= 11 is 0. The lowest BCUT2D eigenvalue weighted by Crippen LogP contribution is -2.42. The zero-order valence-electron chi connectivity index (χ0n) is 8.13. The van der Waals surface area contributed by atoms with Crippen molar-refractivity contribution in [2.45, 2.75) is 18.1 Å². The quantitative estimate of drug-likeness (QED) is 0.788. The van der Waals surface area contributed by atoms with Crippen LogP contribution in [0.25, 0.3) is 0 Å². The largest absolute Gasteiger partial charge is 0.392 e. The van der Waals surface area contributed by atoms with E-state index in [1.54, 1.807) is 6.07 Å². The first-order valence-electron chi connectivity index (χ1n) is 4.70. The molecule has 0 spiro atoms. The average molecular weight is 228 g/mol. The van der Waals surface area contributed by atoms with Crippen LogP contribution in [0.5, 0.6) is 0 Å². The van der Waals surface area contributed by atoms with Crippen molar-refractivity contribution in [3.8, 4) is 0 Å². The Labute approximate surface area is 88.4 Å². The van der Waals surface area contributed by atoms with Gasteiger partial charge >= 0.3 is 0 Å². The van der Waals surface area contributed by atoms with Gasteiger partial charge in [0.25, 0.3) is 10.0 Å². The summed E-state index contributed by atoms with van der Waals surface area (Å²) in [6, 6.07) is 3.00. The summed E-state index contributed by atoms with van der Waals surface area (Å²) in [5.41, 5.74) is 0.609. The molecule has 1 saturated heterocycles. The van der Waals surface area contributed by atoms with Crippen molar-refractivity contribution in [2.24, 2.45) is 0 Å². The number of aliphatic hydroxyl groups is 1. The molecule has 0 atom stereocenters. The normalized spacial score (nSPS) is 17.4. The summed E-state index contributed by atoms with van der Waals surface area (Å²) in [6.45, 7) is 1.02. The Morgan fingerprint density at radius 3 is 2.53 bits per heavy atom. The number of hydrogen-bond donors (Lipinski definition) is 1. The van der Waals surface area contributed by atoms with E-state index in [1.165, 1.54) is 16.6 Å². The molecule has 0 aromatic carbocycles. The highest BCUT2D eigenvalue weighted by Gasteiger charge is 2.30. The molecule has 0 amide bonds. The molecule has 1 N–H and O–H groups in total. The Kier molecular flexibility index (Phi) is 2.72. The molecule has 15 heavy (non-hydrogen) atoms. The molecular weight excluding hydrogens is 216 g/mol. The van der Waals surface area contributed by atoms with E-state index in [9.17, 15) is 8.42 Å². The van der Waals surface area contributed by atoms with Crippen molar-refractivity contribution < 1.29 is 13.5 Å². The lowest BCUT2D eigenvalue weighted by Gasteiger charge is -2.29. The lowest BCUT2D eigenvalue weighted by atomic mass is 10.3. The van der Waals surface area contributed by atoms with Crippen molar-refractivity contribution in [3.05, 3.63) is 23.9 Å². The highest BCUT2D eigenvalue weighted by Crippen LogP contribution is 2.19. The van der Waals surface area contributed by atoms with Crippen LogP contribution < -0.4 is 0 Å². The molecule has 0 saturated carbocycles. The van der Waals surface area contributed by atoms with E-state index >= 15 is 0 Å². The number of nitrogens with zero attached hydrogens (tertiary/aromatic N) is 2. The molecule has 2 rings (SSSR count). The lowest BCUT2D eigenvalue weighted by molar-refractivity contribution is 0.281. The van der Waals surface area contributed by atoms with Gasteiger partial charge in [-0.3, -0.25) is 0 Å². The van der Waals surface area contributed by atoms with Gasteiger partial charge in [-0.15, -0.1) is 0 Å². The summed E-state index contributed by atoms with van der Waals surface area (Å²) in [4.78, 5) is 3.83. The van der Waals surface area contributed by atoms with Crippen LogP contribution in [0.4, 0.5) is 0 Å². The van der Waals surface area contributed by atoms with Gasteiger partial charge in [0.05, 0.1) is 6.61 Å². The fourth-order valence-corrected chi connectivity index (χ4v) is 2.75. The van der Waals surface area contributed by atoms with Gasteiger partial charge < -0.3 is 5.11 Å². The number of pyridine rings is 1. The molecule has 1 fully saturated rings. The number of sulfonamides is 1. The molecular formula is C9H12N2O3S. The maximum atomic E-state index is 11.8. The Morgan fingerprint density at radius 2 is 2.13 bits per heavy atom. The molecule has 1 aromatic heterocycles. The first kappa shape index (κ1) is 10.5. The van der Waals surface area contributed by atoms with Gasteiger partial charge in [0.15, 0.2) is 5.03 Å². The van der Waals surface area contributed by atoms with Crippen molar-refractivity contribution in [1.29, 1.82) is 0 Å². The topological polar surface area (TPSA) is 70.5 Å². The molecule has 82 valence electrons. The van der Waals surface area contributed by atoms with Crippen LogP contribution in [0.1, 0.15) is 12.0 Å². The number of hydrogen-bond acceptors (Lipinski definition) is 4. The van der Waals surface area contributed by atoms with E-state index in [-0.39, 0.29) is 11.6 Å². The van der Waals surface area contributed by atoms with Crippen LogP contribution in [-0.2, 0) is 16.6 Å². The first-order valence-corrected chi connectivity index (χ1v) is 6.14. The van der Waals surface area contributed by atoms with Crippen molar-refractivity contribution in [3.63, 3.8) is 0 Å². The third-order valence-electron chi connectivity index (χ3n) is 2.40. The highest BCUT2D eigenvalue weighted by atomic mass is 32.2. The summed E-state index contributed by atoms with van der Waals surface area (Å²) < 4.78 is 25.0. The second-order valence-electron chi connectivity index (χ2n) is 3.42. The molecule has 1 aliphatic heterocycles. The van der Waals surface area contributed by atoms with Crippen molar-refractivity contribution in [2.75, 3.05) is 13.1 Å². The fourth-order valence-electron chi connectivity index (χ4n) is 1.32. The van der Waals surface area contributed by atoms with E-state index in [2.05, 4.69) is 4.98 Å². The summed E-state index contributed by atoms with van der Waals surface area (Å²) in [6.07, 6.45) is 2.29. The average Bonchev–Trinajstić information content (AvgIpc) is 2.14. The molecule has 5 nitrogen and oxygen atoms in total. The number of rotatable bonds is 3. The number of aliphatic hydroxyl groups excluding tert-OH is 1. The standard InChI is InChI=1S/C9H12N2O3S/c12-7-8-2-3-9(10-6-8)15(13,14)11-4-1-5-11/h2-3,6,12H,1,4-5,7H2. The third kappa shape index (κ3) is 1.88. The molecule has 0 bridgehead atoms. The SMILES string of the molecule is O=S(=O)(c1ccc(CO)cn1)N1CCC1. The van der Waals surface area contributed by atoms with Gasteiger partial charge in [-0.2, -0.15) is 4.31 Å². The van der Waals surface area contributed by atoms with Crippen LogP contribution >= 0.6 is 0 Å². The Balaban J connectivity index is 2.28. The fraction of sp³-hybridized carbons (Fsp3) is 0.444. The summed E-state index contributed by atoms with van der Waals surface area (Å²) in [7, 11) is -3.39. The predicted molar refractivity (Wildman–Crippen MR) is 53.5 cm³/mol. The monoisotopic (exact) mass is 228 g/mol. The molecule has 6 heteroatoms. The van der Waals surface area contributed by atoms with E-state index in [0.717, 1.165) is 6.42 Å². The smallest absolute Gasteiger partial charge is 0.260 e. The van der Waals surface area contributed by atoms with E-state index in [4.69, 9.17) is 5.11 Å². The van der Waals surface area contributed by atoms with Crippen molar-refractivity contribution in [1.82, 2.24) is 9.29 Å². The Hall–Kier alpha value is -0.980. The van der Waals surface area contributed by atoms with Gasteiger partial charge in [0.1, 0.15) is 0 Å². The second-order valence-corrected chi connectivity index (χ2v) is 5.31. The van der Waals surface area contributed by atoms with Gasteiger partial charge in [-0.1, -0.05) is 6.07 Å². The first-order chi connectivity index (χ1) is 7.14. The van der Waals surface area contributed by atoms with Crippen LogP contribution in [0, 0.1) is 0 Å². The van der Waals surface area contributed by atoms with Gasteiger partial charge in [-0.25, -0.2) is 13.4 Å². The van der Waals surface area contributed by atoms with Crippen LogP contribution in [0.3, 0.4) is 0 Å². The van der Waals surface area contributed by atoms with E-state index in [0.29, 0.717) is 18.7 Å². The van der Waals surface area contributed by atoms with Crippen LogP contribution in [-0.4, -0.2) is 35.9 Å². The minimum atomic E-state index is -3.39. The summed E-state index contributed by atoms with van der Waals surface area (Å²) in [5, 5.41) is 8.85. The minimum absolute atomic E-state index is 0.0550. The van der Waals surface area contributed by atoms with E-state index in [1.807, 2.05) is 0 Å². The van der Waals surface area contributed by atoms with Crippen LogP contribution in [0.2, 0.25) is 0 Å². The minimum Gasteiger partial charge on any atom is -0.392 e. The zero-order valence-corrected chi connectivity index (χ0v) is 8.94. The molecule has 1 aromatic rings. The predicted octanol–water partition coefficient (Wildman–Crippen LogP) is -0.0317. The molecule has 0 aliphatic carbocycles. The molecule has 0 radical (unpaired) electrons. The maximum absolute atomic E-state index is 11.8. The van der Waals surface area contributed by atoms with Crippen LogP contribution in [0.15, 0.2) is 23.4 Å². The Morgan fingerprint density at radius 1 is 1.40 bits per heavy atom. The van der Waals surface area contributed by atoms with E-state index < -0.39 is 10.0 Å². The van der Waals surface area contributed by atoms with Crippen molar-refractivity contribution >= 4 is 10.0 Å². The summed E-state index contributed by atoms with van der Waals surface area (Å²) in [5.74, 6) is 0. The second kappa shape index (κ2) is 3.88. The third-order valence-corrected chi connectivity index (χ3v) is 4.21. The highest BCUT2D eigenvalue weighted by molar-refractivity contribution is 7.89. The van der Waals surface area contributed by atoms with Gasteiger partial charge in [-0.05, 0) is 18.1 Å². The molecule has 1 aliphatic rings. The molecule has 0 unspecified atom stereocenters.